The fourth-order valence-corrected chi connectivity index (χ4v) is 3.45. The quantitative estimate of drug-likeness (QED) is 0.732. The number of aryl methyl sites for hydroxylation is 1. The third-order valence-electron chi connectivity index (χ3n) is 3.05. The molecule has 0 radical (unpaired) electrons. The fourth-order valence-electron chi connectivity index (χ4n) is 2.12. The van der Waals surface area contributed by atoms with Crippen LogP contribution < -0.4 is 0 Å². The predicted molar refractivity (Wildman–Crippen MR) is 84.0 cm³/mol. The normalized spacial score (nSPS) is 11.1. The average Bonchev–Trinajstić information content (AvgIpc) is 3.07. The van der Waals surface area contributed by atoms with Gasteiger partial charge in [0.05, 0.1) is 23.3 Å². The Morgan fingerprint density at radius 3 is 3.05 bits per heavy atom. The molecule has 2 aromatic heterocycles. The summed E-state index contributed by atoms with van der Waals surface area (Å²) in [5, 5.41) is 12.5. The van der Waals surface area contributed by atoms with Crippen LogP contribution >= 0.6 is 23.1 Å². The molecular formula is C14H13N3O2S2. The van der Waals surface area contributed by atoms with Crippen LogP contribution in [0.2, 0.25) is 0 Å². The van der Waals surface area contributed by atoms with Crippen LogP contribution in [-0.2, 0) is 11.3 Å². The summed E-state index contributed by atoms with van der Waals surface area (Å²) in [7, 11) is 0. The van der Waals surface area contributed by atoms with Crippen molar-refractivity contribution >= 4 is 40.1 Å². The molecule has 1 aromatic carbocycles. The number of thiazole rings is 1. The van der Waals surface area contributed by atoms with Gasteiger partial charge < -0.3 is 9.67 Å². The van der Waals surface area contributed by atoms with Gasteiger partial charge in [0.1, 0.15) is 5.01 Å². The first-order valence-electron chi connectivity index (χ1n) is 6.34. The maximum Gasteiger partial charge on any atom is 0.313 e. The summed E-state index contributed by atoms with van der Waals surface area (Å²) in [6, 6.07) is 6.01. The van der Waals surface area contributed by atoms with Gasteiger partial charge in [-0.1, -0.05) is 23.9 Å². The van der Waals surface area contributed by atoms with E-state index in [1.165, 1.54) is 11.8 Å². The fraction of sp³-hybridized carbons (Fsp3) is 0.214. The zero-order valence-corrected chi connectivity index (χ0v) is 12.9. The van der Waals surface area contributed by atoms with Crippen molar-refractivity contribution in [1.82, 2.24) is 14.5 Å². The predicted octanol–water partition coefficient (Wildman–Crippen LogP) is 3.03. The Morgan fingerprint density at radius 1 is 1.48 bits per heavy atom. The van der Waals surface area contributed by atoms with E-state index in [2.05, 4.69) is 9.97 Å². The monoisotopic (exact) mass is 319 g/mol. The number of hydrogen-bond donors (Lipinski definition) is 1. The Hall–Kier alpha value is -1.86. The number of carbonyl (C=O) groups is 1. The van der Waals surface area contributed by atoms with Crippen LogP contribution in [0.1, 0.15) is 10.6 Å². The maximum atomic E-state index is 10.8. The summed E-state index contributed by atoms with van der Waals surface area (Å²) in [5.41, 5.74) is 3.02. The maximum absolute atomic E-state index is 10.8. The minimum Gasteiger partial charge on any atom is -0.481 e. The number of carboxylic acid groups (broad SMARTS) is 1. The van der Waals surface area contributed by atoms with Gasteiger partial charge in [-0.2, -0.15) is 0 Å². The van der Waals surface area contributed by atoms with E-state index in [0.29, 0.717) is 6.54 Å². The highest BCUT2D eigenvalue weighted by Gasteiger charge is 2.15. The lowest BCUT2D eigenvalue weighted by Crippen LogP contribution is -2.04. The lowest BCUT2D eigenvalue weighted by molar-refractivity contribution is -0.133. The van der Waals surface area contributed by atoms with E-state index in [4.69, 9.17) is 5.11 Å². The summed E-state index contributed by atoms with van der Waals surface area (Å²) in [5.74, 6) is -0.843. The van der Waals surface area contributed by atoms with E-state index in [0.717, 1.165) is 26.8 Å². The molecule has 0 amide bonds. The summed E-state index contributed by atoms with van der Waals surface area (Å²) >= 11 is 2.82. The number of hydrogen-bond acceptors (Lipinski definition) is 5. The van der Waals surface area contributed by atoms with Gasteiger partial charge in [-0.05, 0) is 18.6 Å². The Morgan fingerprint density at radius 2 is 2.33 bits per heavy atom. The number of aliphatic carboxylic acids is 1. The van der Waals surface area contributed by atoms with Crippen LogP contribution in [0.15, 0.2) is 34.9 Å². The van der Waals surface area contributed by atoms with Crippen molar-refractivity contribution in [2.75, 3.05) is 5.75 Å². The highest BCUT2D eigenvalue weighted by atomic mass is 32.2. The van der Waals surface area contributed by atoms with E-state index in [-0.39, 0.29) is 5.75 Å². The van der Waals surface area contributed by atoms with Gasteiger partial charge in [-0.15, -0.1) is 11.3 Å². The van der Waals surface area contributed by atoms with Crippen molar-refractivity contribution in [2.24, 2.45) is 0 Å². The number of aromatic nitrogens is 3. The Labute approximate surface area is 129 Å². The molecule has 0 saturated heterocycles. The molecule has 2 heterocycles. The summed E-state index contributed by atoms with van der Waals surface area (Å²) < 4.78 is 2.04. The summed E-state index contributed by atoms with van der Waals surface area (Å²) in [4.78, 5) is 19.7. The number of carboxylic acids is 1. The van der Waals surface area contributed by atoms with E-state index in [1.54, 1.807) is 17.5 Å². The standard InChI is InChI=1S/C14H13N3O2S2/c1-9-3-2-4-10-13(9)16-14(21-8-12(18)19)17(10)7-11-15-5-6-20-11/h2-6H,7-8H2,1H3,(H,18,19). The molecule has 0 bridgehead atoms. The third kappa shape index (κ3) is 2.93. The highest BCUT2D eigenvalue weighted by molar-refractivity contribution is 7.99. The van der Waals surface area contributed by atoms with E-state index >= 15 is 0 Å². The van der Waals surface area contributed by atoms with E-state index in [9.17, 15) is 4.79 Å². The van der Waals surface area contributed by atoms with Crippen molar-refractivity contribution in [3.05, 3.63) is 40.3 Å². The first-order chi connectivity index (χ1) is 10.1. The van der Waals surface area contributed by atoms with Crippen LogP contribution in [0.5, 0.6) is 0 Å². The summed E-state index contributed by atoms with van der Waals surface area (Å²) in [6.07, 6.45) is 1.77. The highest BCUT2D eigenvalue weighted by Crippen LogP contribution is 2.27. The molecule has 3 rings (SSSR count). The Balaban J connectivity index is 2.06. The number of nitrogens with zero attached hydrogens (tertiary/aromatic N) is 3. The molecule has 108 valence electrons. The third-order valence-corrected chi connectivity index (χ3v) is 4.77. The van der Waals surface area contributed by atoms with Crippen LogP contribution in [0, 0.1) is 6.92 Å². The lowest BCUT2D eigenvalue weighted by Gasteiger charge is -2.06. The van der Waals surface area contributed by atoms with Crippen LogP contribution in [-0.4, -0.2) is 31.4 Å². The number of fused-ring (bicyclic) bond motifs is 1. The molecule has 1 N–H and O–H groups in total. The molecule has 0 unspecified atom stereocenters. The SMILES string of the molecule is Cc1cccc2c1nc(SCC(=O)O)n2Cc1nccs1. The topological polar surface area (TPSA) is 68.0 Å². The van der Waals surface area contributed by atoms with Gasteiger partial charge in [0.2, 0.25) is 0 Å². The van der Waals surface area contributed by atoms with E-state index < -0.39 is 5.97 Å². The van der Waals surface area contributed by atoms with Gasteiger partial charge in [0.25, 0.3) is 0 Å². The molecule has 0 aliphatic heterocycles. The van der Waals surface area contributed by atoms with Gasteiger partial charge in [-0.25, -0.2) is 9.97 Å². The smallest absolute Gasteiger partial charge is 0.313 e. The molecular weight excluding hydrogens is 306 g/mol. The summed E-state index contributed by atoms with van der Waals surface area (Å²) in [6.45, 7) is 2.62. The van der Waals surface area contributed by atoms with Gasteiger partial charge >= 0.3 is 5.97 Å². The van der Waals surface area contributed by atoms with Crippen LogP contribution in [0.25, 0.3) is 11.0 Å². The molecule has 0 saturated carbocycles. The van der Waals surface area contributed by atoms with E-state index in [1.807, 2.05) is 35.1 Å². The Bertz CT molecular complexity index is 781. The molecule has 0 aliphatic carbocycles. The number of thioether (sulfide) groups is 1. The first kappa shape index (κ1) is 14.1. The lowest BCUT2D eigenvalue weighted by atomic mass is 10.2. The van der Waals surface area contributed by atoms with Crippen molar-refractivity contribution in [1.29, 1.82) is 0 Å². The largest absolute Gasteiger partial charge is 0.481 e. The number of para-hydroxylation sites is 1. The zero-order valence-electron chi connectivity index (χ0n) is 11.3. The van der Waals surface area contributed by atoms with Gasteiger partial charge in [0, 0.05) is 11.6 Å². The second-order valence-corrected chi connectivity index (χ2v) is 6.45. The van der Waals surface area contributed by atoms with Gasteiger partial charge in [0.15, 0.2) is 5.16 Å². The number of rotatable bonds is 5. The molecule has 0 atom stereocenters. The van der Waals surface area contributed by atoms with Crippen LogP contribution in [0.4, 0.5) is 0 Å². The molecule has 0 aliphatic rings. The minimum atomic E-state index is -0.843. The van der Waals surface area contributed by atoms with Crippen LogP contribution in [0.3, 0.4) is 0 Å². The molecule has 0 fully saturated rings. The molecule has 5 nitrogen and oxygen atoms in total. The number of imidazole rings is 1. The Kier molecular flexibility index (Phi) is 3.94. The van der Waals surface area contributed by atoms with Crippen molar-refractivity contribution in [2.45, 2.75) is 18.6 Å². The molecule has 7 heteroatoms. The van der Waals surface area contributed by atoms with Gasteiger partial charge in [-0.3, -0.25) is 4.79 Å². The minimum absolute atomic E-state index is 0.000237. The van der Waals surface area contributed by atoms with Crippen molar-refractivity contribution < 1.29 is 9.90 Å². The zero-order chi connectivity index (χ0) is 14.8. The van der Waals surface area contributed by atoms with Crippen molar-refractivity contribution in [3.8, 4) is 0 Å². The molecule has 3 aromatic rings. The molecule has 0 spiro atoms. The average molecular weight is 319 g/mol. The second kappa shape index (κ2) is 5.87. The second-order valence-electron chi connectivity index (χ2n) is 4.53. The molecule has 21 heavy (non-hydrogen) atoms. The van der Waals surface area contributed by atoms with Crippen molar-refractivity contribution in [3.63, 3.8) is 0 Å². The first-order valence-corrected chi connectivity index (χ1v) is 8.20. The number of benzene rings is 1.